The molecule has 1 saturated carbocycles. The Morgan fingerprint density at radius 1 is 1.10 bits per heavy atom. The molecule has 1 aliphatic heterocycles. The Morgan fingerprint density at radius 2 is 1.97 bits per heavy atom. The predicted molar refractivity (Wildman–Crippen MR) is 124 cm³/mol. The van der Waals surface area contributed by atoms with Crippen molar-refractivity contribution in [1.29, 1.82) is 0 Å². The third kappa shape index (κ3) is 4.20. The van der Waals surface area contributed by atoms with Gasteiger partial charge in [0.15, 0.2) is 0 Å². The van der Waals surface area contributed by atoms with Crippen molar-refractivity contribution in [3.63, 3.8) is 0 Å². The van der Waals surface area contributed by atoms with Crippen LogP contribution in [0.4, 0.5) is 11.4 Å². The number of carbonyl (C=O) groups is 1. The minimum absolute atomic E-state index is 0.00791. The van der Waals surface area contributed by atoms with Crippen LogP contribution in [0.3, 0.4) is 0 Å². The van der Waals surface area contributed by atoms with E-state index >= 15 is 0 Å². The molecule has 1 aliphatic carbocycles. The van der Waals surface area contributed by atoms with E-state index in [1.807, 2.05) is 24.3 Å². The van der Waals surface area contributed by atoms with E-state index in [-0.39, 0.29) is 11.5 Å². The summed E-state index contributed by atoms with van der Waals surface area (Å²) in [5.74, 6) is 1.18. The maximum atomic E-state index is 12.5. The first-order chi connectivity index (χ1) is 15.2. The van der Waals surface area contributed by atoms with Gasteiger partial charge in [-0.2, -0.15) is 0 Å². The zero-order valence-electron chi connectivity index (χ0n) is 17.6. The second-order valence-corrected chi connectivity index (χ2v) is 8.73. The number of fused-ring (bicyclic) bond motifs is 4. The number of benzene rings is 2. The summed E-state index contributed by atoms with van der Waals surface area (Å²) in [6, 6.07) is 14.1. The van der Waals surface area contributed by atoms with Crippen molar-refractivity contribution in [1.82, 2.24) is 9.97 Å². The maximum absolute atomic E-state index is 12.5. The van der Waals surface area contributed by atoms with Crippen LogP contribution >= 0.6 is 0 Å². The van der Waals surface area contributed by atoms with Gasteiger partial charge in [0.2, 0.25) is 5.91 Å². The summed E-state index contributed by atoms with van der Waals surface area (Å²) in [7, 11) is 0. The normalized spacial score (nSPS) is 19.9. The standard InChI is InChI=1S/C25H28N4O2/c30-24(12-6-11-23-28-21-10-5-4-8-18(21)25(31)29-23)26-16-13-14-22-19(15-16)17-7-2-1-3-9-20(17)27-22/h4-5,8,10,13-15,17,20,27H,1-3,6-7,9,11-12H2,(H,26,30)(H,28,29,31)/t17-,20+/m0/s1. The van der Waals surface area contributed by atoms with Gasteiger partial charge in [0.05, 0.1) is 10.9 Å². The first-order valence-electron chi connectivity index (χ1n) is 11.4. The fourth-order valence-corrected chi connectivity index (χ4v) is 5.02. The number of para-hydroxylation sites is 1. The molecular weight excluding hydrogens is 388 g/mol. The SMILES string of the molecule is O=C(CCCc1nc2ccccc2c(=O)[nH]1)Nc1ccc2c(c1)[C@@H]1CCCCC[C@H]1N2. The summed E-state index contributed by atoms with van der Waals surface area (Å²) in [6.07, 6.45) is 7.92. The minimum atomic E-state index is -0.131. The minimum Gasteiger partial charge on any atom is -0.381 e. The van der Waals surface area contributed by atoms with Crippen LogP contribution in [0.15, 0.2) is 47.3 Å². The molecule has 160 valence electrons. The highest BCUT2D eigenvalue weighted by atomic mass is 16.1. The summed E-state index contributed by atoms with van der Waals surface area (Å²) in [5, 5.41) is 7.32. The molecule has 0 radical (unpaired) electrons. The molecule has 3 N–H and O–H groups in total. The molecule has 31 heavy (non-hydrogen) atoms. The highest BCUT2D eigenvalue weighted by Gasteiger charge is 2.32. The molecule has 0 unspecified atom stereocenters. The van der Waals surface area contributed by atoms with Crippen LogP contribution in [0, 0.1) is 0 Å². The molecule has 0 saturated heterocycles. The summed E-state index contributed by atoms with van der Waals surface area (Å²) < 4.78 is 0. The van der Waals surface area contributed by atoms with Gasteiger partial charge in [0.1, 0.15) is 5.82 Å². The number of rotatable bonds is 5. The van der Waals surface area contributed by atoms with Crippen LogP contribution in [0.1, 0.15) is 62.3 Å². The molecule has 1 aromatic heterocycles. The number of aromatic amines is 1. The lowest BCUT2D eigenvalue weighted by atomic mass is 9.91. The monoisotopic (exact) mass is 416 g/mol. The summed E-state index contributed by atoms with van der Waals surface area (Å²) >= 11 is 0. The highest BCUT2D eigenvalue weighted by molar-refractivity contribution is 5.91. The number of H-pyrrole nitrogens is 1. The molecule has 1 amide bonds. The zero-order chi connectivity index (χ0) is 21.2. The number of aromatic nitrogens is 2. The molecule has 5 rings (SSSR count). The Hall–Kier alpha value is -3.15. The fourth-order valence-electron chi connectivity index (χ4n) is 5.02. The molecule has 2 aliphatic rings. The smallest absolute Gasteiger partial charge is 0.258 e. The first-order valence-corrected chi connectivity index (χ1v) is 11.4. The van der Waals surface area contributed by atoms with Crippen LogP contribution in [-0.4, -0.2) is 21.9 Å². The second-order valence-electron chi connectivity index (χ2n) is 8.73. The van der Waals surface area contributed by atoms with Crippen LogP contribution in [0.5, 0.6) is 0 Å². The number of anilines is 2. The average Bonchev–Trinajstić information content (AvgIpc) is 2.94. The van der Waals surface area contributed by atoms with E-state index in [9.17, 15) is 9.59 Å². The van der Waals surface area contributed by atoms with Crippen molar-refractivity contribution in [3.05, 3.63) is 64.2 Å². The van der Waals surface area contributed by atoms with Gasteiger partial charge in [-0.3, -0.25) is 9.59 Å². The number of carbonyl (C=O) groups excluding carboxylic acids is 1. The molecule has 6 nitrogen and oxygen atoms in total. The number of nitrogens with zero attached hydrogens (tertiary/aromatic N) is 1. The van der Waals surface area contributed by atoms with E-state index in [2.05, 4.69) is 32.7 Å². The van der Waals surface area contributed by atoms with E-state index in [1.165, 1.54) is 43.4 Å². The molecule has 2 atom stereocenters. The van der Waals surface area contributed by atoms with E-state index in [0.717, 1.165) is 5.69 Å². The van der Waals surface area contributed by atoms with Crippen LogP contribution in [0.25, 0.3) is 10.9 Å². The number of hydrogen-bond donors (Lipinski definition) is 3. The number of hydrogen-bond acceptors (Lipinski definition) is 4. The lowest BCUT2D eigenvalue weighted by Crippen LogP contribution is -2.18. The lowest BCUT2D eigenvalue weighted by molar-refractivity contribution is -0.116. The van der Waals surface area contributed by atoms with Crippen LogP contribution < -0.4 is 16.2 Å². The predicted octanol–water partition coefficient (Wildman–Crippen LogP) is 4.73. The Bertz CT molecular complexity index is 1170. The molecule has 0 bridgehead atoms. The lowest BCUT2D eigenvalue weighted by Gasteiger charge is -2.16. The summed E-state index contributed by atoms with van der Waals surface area (Å²) in [6.45, 7) is 0. The van der Waals surface area contributed by atoms with Gasteiger partial charge in [0.25, 0.3) is 5.56 Å². The van der Waals surface area contributed by atoms with E-state index in [4.69, 9.17) is 0 Å². The Balaban J connectivity index is 1.19. The average molecular weight is 417 g/mol. The van der Waals surface area contributed by atoms with Gasteiger partial charge in [-0.1, -0.05) is 31.4 Å². The van der Waals surface area contributed by atoms with Crippen LogP contribution in [-0.2, 0) is 11.2 Å². The van der Waals surface area contributed by atoms with Gasteiger partial charge < -0.3 is 15.6 Å². The maximum Gasteiger partial charge on any atom is 0.258 e. The molecule has 0 spiro atoms. The molecular formula is C25H28N4O2. The van der Waals surface area contributed by atoms with E-state index in [0.29, 0.717) is 47.9 Å². The topological polar surface area (TPSA) is 86.9 Å². The van der Waals surface area contributed by atoms with Crippen molar-refractivity contribution >= 4 is 28.2 Å². The van der Waals surface area contributed by atoms with Crippen molar-refractivity contribution in [2.45, 2.75) is 63.3 Å². The quantitative estimate of drug-likeness (QED) is 0.561. The number of aryl methyl sites for hydroxylation is 1. The van der Waals surface area contributed by atoms with Crippen molar-refractivity contribution in [2.24, 2.45) is 0 Å². The molecule has 1 fully saturated rings. The third-order valence-corrected chi connectivity index (χ3v) is 6.57. The van der Waals surface area contributed by atoms with Crippen molar-refractivity contribution in [2.75, 3.05) is 10.6 Å². The van der Waals surface area contributed by atoms with Gasteiger partial charge in [-0.15, -0.1) is 0 Å². The second kappa shape index (κ2) is 8.53. The summed E-state index contributed by atoms with van der Waals surface area (Å²) in [5.41, 5.74) is 4.00. The van der Waals surface area contributed by atoms with Gasteiger partial charge in [-0.05, 0) is 55.2 Å². The highest BCUT2D eigenvalue weighted by Crippen LogP contribution is 2.43. The Morgan fingerprint density at radius 3 is 2.90 bits per heavy atom. The third-order valence-electron chi connectivity index (χ3n) is 6.57. The Labute approximate surface area is 181 Å². The largest absolute Gasteiger partial charge is 0.381 e. The van der Waals surface area contributed by atoms with E-state index < -0.39 is 0 Å². The molecule has 3 aromatic rings. The van der Waals surface area contributed by atoms with Gasteiger partial charge >= 0.3 is 0 Å². The van der Waals surface area contributed by atoms with Crippen LogP contribution in [0.2, 0.25) is 0 Å². The van der Waals surface area contributed by atoms with Crippen molar-refractivity contribution in [3.8, 4) is 0 Å². The fraction of sp³-hybridized carbons (Fsp3) is 0.400. The summed E-state index contributed by atoms with van der Waals surface area (Å²) in [4.78, 5) is 32.0. The Kier molecular flexibility index (Phi) is 5.45. The molecule has 6 heteroatoms. The number of nitrogens with one attached hydrogen (secondary N) is 3. The molecule has 2 heterocycles. The van der Waals surface area contributed by atoms with E-state index in [1.54, 1.807) is 6.07 Å². The van der Waals surface area contributed by atoms with Gasteiger partial charge in [0, 0.05) is 36.2 Å². The molecule has 2 aromatic carbocycles. The van der Waals surface area contributed by atoms with Crippen molar-refractivity contribution < 1.29 is 4.79 Å². The van der Waals surface area contributed by atoms with Gasteiger partial charge in [-0.25, -0.2) is 4.98 Å². The zero-order valence-corrected chi connectivity index (χ0v) is 17.6. The first kappa shape index (κ1) is 19.8. The number of amides is 1.